The minimum absolute atomic E-state index is 0.250. The van der Waals surface area contributed by atoms with Crippen LogP contribution in [0.5, 0.6) is 0 Å². The number of rotatable bonds is 4. The highest BCUT2D eigenvalue weighted by Gasteiger charge is 2.31. The highest BCUT2D eigenvalue weighted by Crippen LogP contribution is 2.22. The largest absolute Gasteiger partial charge is 0.388 e. The molecule has 0 amide bonds. The van der Waals surface area contributed by atoms with Crippen molar-refractivity contribution >= 4 is 22.9 Å². The van der Waals surface area contributed by atoms with E-state index in [1.54, 1.807) is 6.20 Å². The van der Waals surface area contributed by atoms with Crippen molar-refractivity contribution in [2.45, 2.75) is 25.0 Å². The van der Waals surface area contributed by atoms with Gasteiger partial charge in [-0.25, -0.2) is 0 Å². The molecule has 3 rings (SSSR count). The van der Waals surface area contributed by atoms with Crippen LogP contribution in [-0.2, 0) is 4.74 Å². The number of nitrogens with one attached hydrogen (secondary N) is 1. The van der Waals surface area contributed by atoms with E-state index in [2.05, 4.69) is 15.2 Å². The predicted molar refractivity (Wildman–Crippen MR) is 82.9 cm³/mol. The maximum absolute atomic E-state index is 5.91. The highest BCUT2D eigenvalue weighted by molar-refractivity contribution is 7.80. The summed E-state index contributed by atoms with van der Waals surface area (Å²) in [5, 5.41) is 3.36. The number of thiocarbonyl (C=S) groups is 1. The standard InChI is InChI=1S/C14H20N4OS/c15-14(20)13-4-3-10(6-17-13)16-7-12-8-18-5-1-2-11(18)9-19-12/h3-4,6,11-12,16H,1-2,5,7-9H2,(H2,15,20). The van der Waals surface area contributed by atoms with Gasteiger partial charge in [0.05, 0.1) is 30.3 Å². The maximum atomic E-state index is 5.91. The van der Waals surface area contributed by atoms with E-state index in [1.165, 1.54) is 19.4 Å². The van der Waals surface area contributed by atoms with Crippen molar-refractivity contribution in [1.82, 2.24) is 9.88 Å². The van der Waals surface area contributed by atoms with Crippen LogP contribution in [0.25, 0.3) is 0 Å². The van der Waals surface area contributed by atoms with Gasteiger partial charge in [-0.15, -0.1) is 0 Å². The summed E-state index contributed by atoms with van der Waals surface area (Å²) in [6.45, 7) is 3.91. The molecule has 20 heavy (non-hydrogen) atoms. The number of aromatic nitrogens is 1. The van der Waals surface area contributed by atoms with Crippen molar-refractivity contribution in [2.75, 3.05) is 31.6 Å². The molecule has 1 aromatic rings. The SMILES string of the molecule is NC(=S)c1ccc(NCC2CN3CCCC3CO2)cn1. The molecule has 2 atom stereocenters. The Morgan fingerprint density at radius 3 is 3.20 bits per heavy atom. The second-order valence-electron chi connectivity index (χ2n) is 5.42. The molecule has 2 unspecified atom stereocenters. The molecule has 2 saturated heterocycles. The fraction of sp³-hybridized carbons (Fsp3) is 0.571. The van der Waals surface area contributed by atoms with E-state index in [4.69, 9.17) is 22.7 Å². The van der Waals surface area contributed by atoms with Gasteiger partial charge in [-0.3, -0.25) is 9.88 Å². The van der Waals surface area contributed by atoms with E-state index in [9.17, 15) is 0 Å². The summed E-state index contributed by atoms with van der Waals surface area (Å²) in [6.07, 6.45) is 4.60. The maximum Gasteiger partial charge on any atom is 0.122 e. The topological polar surface area (TPSA) is 63.4 Å². The summed E-state index contributed by atoms with van der Waals surface area (Å²) in [5.74, 6) is 0. The Morgan fingerprint density at radius 1 is 1.55 bits per heavy atom. The van der Waals surface area contributed by atoms with Crippen LogP contribution < -0.4 is 11.1 Å². The summed E-state index contributed by atoms with van der Waals surface area (Å²) in [5.41, 5.74) is 7.15. The van der Waals surface area contributed by atoms with Crippen molar-refractivity contribution in [1.29, 1.82) is 0 Å². The molecule has 6 heteroatoms. The molecule has 3 N–H and O–H groups in total. The van der Waals surface area contributed by atoms with Gasteiger partial charge in [0.1, 0.15) is 4.99 Å². The first-order valence-corrected chi connectivity index (χ1v) is 7.48. The average molecular weight is 292 g/mol. The van der Waals surface area contributed by atoms with Gasteiger partial charge in [0.25, 0.3) is 0 Å². The normalized spacial score (nSPS) is 26.2. The van der Waals surface area contributed by atoms with E-state index < -0.39 is 0 Å². The number of nitrogens with two attached hydrogens (primary N) is 1. The Hall–Kier alpha value is -1.24. The molecule has 1 aromatic heterocycles. The lowest BCUT2D eigenvalue weighted by molar-refractivity contribution is -0.0415. The van der Waals surface area contributed by atoms with Gasteiger partial charge in [0, 0.05) is 19.1 Å². The van der Waals surface area contributed by atoms with Crippen LogP contribution in [0.2, 0.25) is 0 Å². The Kier molecular flexibility index (Phi) is 4.14. The predicted octanol–water partition coefficient (Wildman–Crippen LogP) is 0.991. The summed E-state index contributed by atoms with van der Waals surface area (Å²) >= 11 is 4.88. The minimum atomic E-state index is 0.250. The fourth-order valence-electron chi connectivity index (χ4n) is 2.89. The molecule has 108 valence electrons. The third-order valence-electron chi connectivity index (χ3n) is 4.01. The number of hydrogen-bond acceptors (Lipinski definition) is 5. The zero-order chi connectivity index (χ0) is 13.9. The molecular weight excluding hydrogens is 272 g/mol. The monoisotopic (exact) mass is 292 g/mol. The molecule has 0 saturated carbocycles. The lowest BCUT2D eigenvalue weighted by atomic mass is 10.2. The number of pyridine rings is 1. The summed E-state index contributed by atoms with van der Waals surface area (Å²) in [6, 6.07) is 4.43. The van der Waals surface area contributed by atoms with E-state index in [1.807, 2.05) is 12.1 Å². The number of anilines is 1. The van der Waals surface area contributed by atoms with Crippen molar-refractivity contribution in [3.8, 4) is 0 Å². The molecule has 0 bridgehead atoms. The van der Waals surface area contributed by atoms with Gasteiger partial charge in [-0.05, 0) is 31.5 Å². The first-order chi connectivity index (χ1) is 9.72. The Labute approximate surface area is 124 Å². The third-order valence-corrected chi connectivity index (χ3v) is 4.22. The van der Waals surface area contributed by atoms with Crippen molar-refractivity contribution in [3.05, 3.63) is 24.0 Å². The van der Waals surface area contributed by atoms with Crippen LogP contribution in [0, 0.1) is 0 Å². The number of ether oxygens (including phenoxy) is 1. The quantitative estimate of drug-likeness (QED) is 0.807. The van der Waals surface area contributed by atoms with Crippen LogP contribution >= 0.6 is 12.2 Å². The highest BCUT2D eigenvalue weighted by atomic mass is 32.1. The van der Waals surface area contributed by atoms with Crippen LogP contribution in [-0.4, -0.2) is 53.3 Å². The van der Waals surface area contributed by atoms with E-state index >= 15 is 0 Å². The Bertz CT molecular complexity index is 479. The average Bonchev–Trinajstić information content (AvgIpc) is 2.93. The molecule has 2 aliphatic rings. The molecule has 5 nitrogen and oxygen atoms in total. The lowest BCUT2D eigenvalue weighted by Gasteiger charge is -2.35. The third kappa shape index (κ3) is 3.08. The molecule has 2 fully saturated rings. The van der Waals surface area contributed by atoms with E-state index in [0.717, 1.165) is 25.4 Å². The smallest absolute Gasteiger partial charge is 0.122 e. The number of fused-ring (bicyclic) bond motifs is 1. The summed E-state index contributed by atoms with van der Waals surface area (Å²) < 4.78 is 5.91. The second-order valence-corrected chi connectivity index (χ2v) is 5.86. The second kappa shape index (κ2) is 6.03. The van der Waals surface area contributed by atoms with E-state index in [0.29, 0.717) is 16.7 Å². The molecule has 0 aromatic carbocycles. The van der Waals surface area contributed by atoms with Gasteiger partial charge in [0.15, 0.2) is 0 Å². The Balaban J connectivity index is 1.50. The summed E-state index contributed by atoms with van der Waals surface area (Å²) in [7, 11) is 0. The first kappa shape index (κ1) is 13.7. The van der Waals surface area contributed by atoms with Crippen LogP contribution in [0.3, 0.4) is 0 Å². The molecule has 3 heterocycles. The van der Waals surface area contributed by atoms with Crippen LogP contribution in [0.15, 0.2) is 18.3 Å². The van der Waals surface area contributed by atoms with E-state index in [-0.39, 0.29) is 6.10 Å². The van der Waals surface area contributed by atoms with Gasteiger partial charge < -0.3 is 15.8 Å². The van der Waals surface area contributed by atoms with Gasteiger partial charge in [-0.1, -0.05) is 12.2 Å². The van der Waals surface area contributed by atoms with Crippen LogP contribution in [0.4, 0.5) is 5.69 Å². The Morgan fingerprint density at radius 2 is 2.45 bits per heavy atom. The number of hydrogen-bond donors (Lipinski definition) is 2. The summed E-state index contributed by atoms with van der Waals surface area (Å²) in [4.78, 5) is 7.09. The number of morpholine rings is 1. The first-order valence-electron chi connectivity index (χ1n) is 7.08. The molecule has 0 spiro atoms. The molecule has 2 aliphatic heterocycles. The number of nitrogens with zero attached hydrogens (tertiary/aromatic N) is 2. The minimum Gasteiger partial charge on any atom is -0.388 e. The molecular formula is C14H20N4OS. The fourth-order valence-corrected chi connectivity index (χ4v) is 3.01. The lowest BCUT2D eigenvalue weighted by Crippen LogP contribution is -2.48. The van der Waals surface area contributed by atoms with Crippen molar-refractivity contribution in [3.63, 3.8) is 0 Å². The van der Waals surface area contributed by atoms with Crippen molar-refractivity contribution in [2.24, 2.45) is 5.73 Å². The molecule has 0 aliphatic carbocycles. The zero-order valence-corrected chi connectivity index (χ0v) is 12.2. The molecule has 0 radical (unpaired) electrons. The van der Waals surface area contributed by atoms with Gasteiger partial charge in [-0.2, -0.15) is 0 Å². The van der Waals surface area contributed by atoms with Crippen LogP contribution in [0.1, 0.15) is 18.5 Å². The zero-order valence-electron chi connectivity index (χ0n) is 11.4. The van der Waals surface area contributed by atoms with Gasteiger partial charge >= 0.3 is 0 Å². The van der Waals surface area contributed by atoms with Crippen molar-refractivity contribution < 1.29 is 4.74 Å². The van der Waals surface area contributed by atoms with Gasteiger partial charge in [0.2, 0.25) is 0 Å².